The lowest BCUT2D eigenvalue weighted by Crippen LogP contribution is -2.30. The molecule has 6 heteroatoms. The van der Waals surface area contributed by atoms with Gasteiger partial charge >= 0.3 is 0 Å². The van der Waals surface area contributed by atoms with E-state index in [0.717, 1.165) is 24.7 Å². The molecule has 1 amide bonds. The number of nitrogens with zero attached hydrogens (tertiary/aromatic N) is 2. The van der Waals surface area contributed by atoms with E-state index in [2.05, 4.69) is 19.4 Å². The first-order chi connectivity index (χ1) is 7.36. The van der Waals surface area contributed by atoms with Crippen molar-refractivity contribution in [2.45, 2.75) is 25.3 Å². The molecule has 1 fully saturated rings. The predicted octanol–water partition coefficient (Wildman–Crippen LogP) is 0.410. The summed E-state index contributed by atoms with van der Waals surface area (Å²) in [4.78, 5) is 11.5. The summed E-state index contributed by atoms with van der Waals surface area (Å²) in [5.41, 5.74) is 0.416. The third-order valence-corrected chi connectivity index (χ3v) is 3.01. The average Bonchev–Trinajstić information content (AvgIpc) is 2.90. The van der Waals surface area contributed by atoms with Crippen LogP contribution in [0, 0.1) is 0 Å². The maximum atomic E-state index is 11.5. The summed E-state index contributed by atoms with van der Waals surface area (Å²) >= 11 is 1.05. The fourth-order valence-corrected chi connectivity index (χ4v) is 2.13. The second-order valence-corrected chi connectivity index (χ2v) is 4.19. The molecule has 2 heterocycles. The molecule has 1 aliphatic heterocycles. The molecule has 0 saturated carbocycles. The van der Waals surface area contributed by atoms with Gasteiger partial charge in [-0.25, -0.2) is 0 Å². The van der Waals surface area contributed by atoms with E-state index in [1.807, 2.05) is 0 Å². The summed E-state index contributed by atoms with van der Waals surface area (Å²) in [6, 6.07) is 0.568. The first-order valence-electron chi connectivity index (χ1n) is 5.15. The van der Waals surface area contributed by atoms with Crippen molar-refractivity contribution in [1.82, 2.24) is 19.4 Å². The maximum absolute atomic E-state index is 11.5. The van der Waals surface area contributed by atoms with Crippen LogP contribution in [0.3, 0.4) is 0 Å². The summed E-state index contributed by atoms with van der Waals surface area (Å²) < 4.78 is 7.66. The van der Waals surface area contributed by atoms with Gasteiger partial charge in [-0.15, -0.1) is 0 Å². The SMILES string of the molecule is O=C(NCC[C@H]1CCCN1)c1cnsn1. The van der Waals surface area contributed by atoms with Crippen molar-refractivity contribution in [2.75, 3.05) is 13.1 Å². The molecule has 2 rings (SSSR count). The third-order valence-electron chi connectivity index (χ3n) is 2.53. The molecule has 15 heavy (non-hydrogen) atoms. The normalized spacial score (nSPS) is 20.4. The zero-order chi connectivity index (χ0) is 10.5. The van der Waals surface area contributed by atoms with Gasteiger partial charge in [-0.05, 0) is 25.8 Å². The summed E-state index contributed by atoms with van der Waals surface area (Å²) in [5, 5.41) is 6.23. The number of aromatic nitrogens is 2. The third kappa shape index (κ3) is 2.97. The summed E-state index contributed by atoms with van der Waals surface area (Å²) in [6.07, 6.45) is 4.94. The molecule has 1 aliphatic rings. The molecule has 82 valence electrons. The number of hydrogen-bond donors (Lipinski definition) is 2. The smallest absolute Gasteiger partial charge is 0.272 e. The summed E-state index contributed by atoms with van der Waals surface area (Å²) in [7, 11) is 0. The Balaban J connectivity index is 1.67. The monoisotopic (exact) mass is 226 g/mol. The van der Waals surface area contributed by atoms with Crippen LogP contribution in [0.2, 0.25) is 0 Å². The molecule has 2 N–H and O–H groups in total. The molecule has 0 aromatic carbocycles. The number of nitrogens with one attached hydrogen (secondary N) is 2. The molecule has 1 aromatic heterocycles. The van der Waals surface area contributed by atoms with Crippen LogP contribution >= 0.6 is 11.7 Å². The Morgan fingerprint density at radius 1 is 1.73 bits per heavy atom. The van der Waals surface area contributed by atoms with Crippen LogP contribution in [0.5, 0.6) is 0 Å². The van der Waals surface area contributed by atoms with Gasteiger partial charge in [-0.2, -0.15) is 8.75 Å². The number of amides is 1. The van der Waals surface area contributed by atoms with E-state index in [4.69, 9.17) is 0 Å². The minimum atomic E-state index is -0.123. The highest BCUT2D eigenvalue weighted by Gasteiger charge is 2.14. The van der Waals surface area contributed by atoms with Gasteiger partial charge in [0.15, 0.2) is 5.69 Å². The van der Waals surface area contributed by atoms with E-state index in [1.165, 1.54) is 19.0 Å². The summed E-state index contributed by atoms with van der Waals surface area (Å²) in [5.74, 6) is -0.123. The second kappa shape index (κ2) is 5.18. The Morgan fingerprint density at radius 2 is 2.67 bits per heavy atom. The summed E-state index contributed by atoms with van der Waals surface area (Å²) in [6.45, 7) is 1.81. The molecular formula is C9H14N4OS. The predicted molar refractivity (Wildman–Crippen MR) is 57.9 cm³/mol. The second-order valence-electron chi connectivity index (χ2n) is 3.63. The van der Waals surface area contributed by atoms with Gasteiger partial charge in [-0.1, -0.05) is 0 Å². The van der Waals surface area contributed by atoms with Gasteiger partial charge in [0.25, 0.3) is 5.91 Å². The van der Waals surface area contributed by atoms with Crippen LogP contribution in [0.1, 0.15) is 29.8 Å². The molecule has 1 saturated heterocycles. The van der Waals surface area contributed by atoms with Crippen molar-refractivity contribution in [1.29, 1.82) is 0 Å². The van der Waals surface area contributed by atoms with E-state index < -0.39 is 0 Å². The van der Waals surface area contributed by atoms with Crippen molar-refractivity contribution >= 4 is 17.6 Å². The molecule has 5 nitrogen and oxygen atoms in total. The standard InChI is InChI=1S/C9H14N4OS/c14-9(8-6-12-15-13-8)11-5-3-7-2-1-4-10-7/h6-7,10H,1-5H2,(H,11,14)/t7-/m1/s1. The fraction of sp³-hybridized carbons (Fsp3) is 0.667. The van der Waals surface area contributed by atoms with Crippen molar-refractivity contribution in [3.63, 3.8) is 0 Å². The highest BCUT2D eigenvalue weighted by molar-refractivity contribution is 6.99. The highest BCUT2D eigenvalue weighted by Crippen LogP contribution is 2.07. The van der Waals surface area contributed by atoms with Crippen LogP contribution in [-0.4, -0.2) is 33.8 Å². The number of rotatable bonds is 4. The van der Waals surface area contributed by atoms with Crippen molar-refractivity contribution < 1.29 is 4.79 Å². The average molecular weight is 226 g/mol. The van der Waals surface area contributed by atoms with Gasteiger partial charge < -0.3 is 10.6 Å². The van der Waals surface area contributed by atoms with E-state index >= 15 is 0 Å². The number of carbonyl (C=O) groups excluding carboxylic acids is 1. The van der Waals surface area contributed by atoms with Crippen LogP contribution in [0.4, 0.5) is 0 Å². The fourth-order valence-electron chi connectivity index (χ4n) is 1.72. The molecule has 0 spiro atoms. The van der Waals surface area contributed by atoms with E-state index in [9.17, 15) is 4.79 Å². The van der Waals surface area contributed by atoms with Gasteiger partial charge in [0.1, 0.15) is 0 Å². The van der Waals surface area contributed by atoms with E-state index in [-0.39, 0.29) is 5.91 Å². The van der Waals surface area contributed by atoms with Crippen LogP contribution in [0.25, 0.3) is 0 Å². The molecule has 1 atom stereocenters. The molecular weight excluding hydrogens is 212 g/mol. The van der Waals surface area contributed by atoms with Crippen LogP contribution in [-0.2, 0) is 0 Å². The Morgan fingerprint density at radius 3 is 3.33 bits per heavy atom. The largest absolute Gasteiger partial charge is 0.351 e. The highest BCUT2D eigenvalue weighted by atomic mass is 32.1. The van der Waals surface area contributed by atoms with Gasteiger partial charge in [0.2, 0.25) is 0 Å². The molecule has 0 radical (unpaired) electrons. The Kier molecular flexibility index (Phi) is 3.63. The lowest BCUT2D eigenvalue weighted by atomic mass is 10.1. The van der Waals surface area contributed by atoms with Crippen molar-refractivity contribution in [2.24, 2.45) is 0 Å². The Labute approximate surface area is 92.6 Å². The van der Waals surface area contributed by atoms with Crippen molar-refractivity contribution in [3.8, 4) is 0 Å². The van der Waals surface area contributed by atoms with E-state index in [1.54, 1.807) is 0 Å². The lowest BCUT2D eigenvalue weighted by molar-refractivity contribution is 0.0948. The van der Waals surface area contributed by atoms with Gasteiger partial charge in [0, 0.05) is 12.6 Å². The van der Waals surface area contributed by atoms with Gasteiger partial charge in [0.05, 0.1) is 17.9 Å². The molecule has 1 aromatic rings. The van der Waals surface area contributed by atoms with Gasteiger partial charge in [-0.3, -0.25) is 4.79 Å². The van der Waals surface area contributed by atoms with Crippen LogP contribution in [0.15, 0.2) is 6.20 Å². The molecule has 0 bridgehead atoms. The van der Waals surface area contributed by atoms with Crippen molar-refractivity contribution in [3.05, 3.63) is 11.9 Å². The zero-order valence-electron chi connectivity index (χ0n) is 8.40. The lowest BCUT2D eigenvalue weighted by Gasteiger charge is -2.09. The minimum Gasteiger partial charge on any atom is -0.351 e. The number of hydrogen-bond acceptors (Lipinski definition) is 5. The zero-order valence-corrected chi connectivity index (χ0v) is 9.22. The van der Waals surface area contributed by atoms with E-state index in [0.29, 0.717) is 18.3 Å². The first kappa shape index (κ1) is 10.5. The maximum Gasteiger partial charge on any atom is 0.272 e. The topological polar surface area (TPSA) is 66.9 Å². The quantitative estimate of drug-likeness (QED) is 0.780. The molecule has 0 aliphatic carbocycles. The van der Waals surface area contributed by atoms with Crippen LogP contribution < -0.4 is 10.6 Å². The number of carbonyl (C=O) groups is 1. The first-order valence-corrected chi connectivity index (χ1v) is 5.88. The minimum absolute atomic E-state index is 0.123. The molecule has 0 unspecified atom stereocenters. The Hall–Kier alpha value is -1.01. The Bertz CT molecular complexity index is 308.